The van der Waals surface area contributed by atoms with Crippen molar-refractivity contribution < 1.29 is 4.79 Å². The molecule has 1 aromatic heterocycles. The number of thioether (sulfide) groups is 1. The summed E-state index contributed by atoms with van der Waals surface area (Å²) in [5.74, 6) is 1.01. The van der Waals surface area contributed by atoms with Gasteiger partial charge in [-0.05, 0) is 24.0 Å². The quantitative estimate of drug-likeness (QED) is 0.711. The number of hydrogen-bond donors (Lipinski definition) is 3. The fourth-order valence-corrected chi connectivity index (χ4v) is 3.07. The van der Waals surface area contributed by atoms with E-state index < -0.39 is 0 Å². The normalized spacial score (nSPS) is 10.2. The smallest absolute Gasteiger partial charge is 0.319 e. The second-order valence-electron chi connectivity index (χ2n) is 4.16. The Hall–Kier alpha value is -1.73. The minimum Gasteiger partial charge on any atom is -0.365 e. The summed E-state index contributed by atoms with van der Waals surface area (Å²) in [4.78, 5) is 17.3. The SMILES string of the molecule is CCSc1cccc(NC(=O)NCc2csc(NC)n2)c1. The van der Waals surface area contributed by atoms with Gasteiger partial charge in [0, 0.05) is 23.0 Å². The predicted molar refractivity (Wildman–Crippen MR) is 90.4 cm³/mol. The van der Waals surface area contributed by atoms with Gasteiger partial charge in [0.2, 0.25) is 0 Å². The summed E-state index contributed by atoms with van der Waals surface area (Å²) in [7, 11) is 1.82. The van der Waals surface area contributed by atoms with Crippen LogP contribution >= 0.6 is 23.1 Å². The fraction of sp³-hybridized carbons (Fsp3) is 0.286. The average Bonchev–Trinajstić information content (AvgIpc) is 2.94. The van der Waals surface area contributed by atoms with Crippen LogP contribution in [0.25, 0.3) is 0 Å². The molecule has 0 aliphatic carbocycles. The minimum atomic E-state index is -0.229. The Morgan fingerprint density at radius 1 is 1.43 bits per heavy atom. The number of carbonyl (C=O) groups excluding carboxylic acids is 1. The molecular formula is C14H18N4OS2. The van der Waals surface area contributed by atoms with E-state index in [1.807, 2.05) is 36.7 Å². The van der Waals surface area contributed by atoms with Crippen molar-refractivity contribution in [1.82, 2.24) is 10.3 Å². The van der Waals surface area contributed by atoms with Gasteiger partial charge in [0.05, 0.1) is 12.2 Å². The van der Waals surface area contributed by atoms with E-state index in [4.69, 9.17) is 0 Å². The molecule has 0 aliphatic rings. The second kappa shape index (κ2) is 7.90. The van der Waals surface area contributed by atoms with E-state index >= 15 is 0 Å². The Kier molecular flexibility index (Phi) is 5.89. The summed E-state index contributed by atoms with van der Waals surface area (Å²) in [6, 6.07) is 7.59. The van der Waals surface area contributed by atoms with Crippen LogP contribution in [0, 0.1) is 0 Å². The Labute approximate surface area is 132 Å². The second-order valence-corrected chi connectivity index (χ2v) is 6.36. The number of urea groups is 1. The number of thiazole rings is 1. The predicted octanol–water partition coefficient (Wildman–Crippen LogP) is 3.62. The highest BCUT2D eigenvalue weighted by atomic mass is 32.2. The van der Waals surface area contributed by atoms with Gasteiger partial charge in [0.25, 0.3) is 0 Å². The van der Waals surface area contributed by atoms with E-state index in [9.17, 15) is 4.79 Å². The first-order chi connectivity index (χ1) is 10.2. The van der Waals surface area contributed by atoms with Crippen LogP contribution in [0.2, 0.25) is 0 Å². The molecule has 0 radical (unpaired) electrons. The monoisotopic (exact) mass is 322 g/mol. The third-order valence-electron chi connectivity index (χ3n) is 2.60. The highest BCUT2D eigenvalue weighted by Crippen LogP contribution is 2.21. The summed E-state index contributed by atoms with van der Waals surface area (Å²) in [5, 5.41) is 11.4. The Balaban J connectivity index is 1.85. The molecule has 2 aromatic rings. The van der Waals surface area contributed by atoms with Crippen molar-refractivity contribution >= 4 is 39.9 Å². The van der Waals surface area contributed by atoms with Crippen molar-refractivity contribution in [3.05, 3.63) is 35.3 Å². The molecular weight excluding hydrogens is 304 g/mol. The van der Waals surface area contributed by atoms with E-state index in [0.717, 1.165) is 27.2 Å². The van der Waals surface area contributed by atoms with Crippen molar-refractivity contribution in [3.63, 3.8) is 0 Å². The first kappa shape index (κ1) is 15.7. The molecule has 0 saturated carbocycles. The Morgan fingerprint density at radius 3 is 3.00 bits per heavy atom. The van der Waals surface area contributed by atoms with Crippen LogP contribution in [0.3, 0.4) is 0 Å². The van der Waals surface area contributed by atoms with E-state index in [1.165, 1.54) is 11.3 Å². The number of hydrogen-bond acceptors (Lipinski definition) is 5. The van der Waals surface area contributed by atoms with E-state index in [2.05, 4.69) is 27.9 Å². The zero-order valence-corrected chi connectivity index (χ0v) is 13.6. The number of aromatic nitrogens is 1. The third-order valence-corrected chi connectivity index (χ3v) is 4.38. The van der Waals surface area contributed by atoms with Gasteiger partial charge < -0.3 is 16.0 Å². The van der Waals surface area contributed by atoms with Crippen LogP contribution in [-0.2, 0) is 6.54 Å². The van der Waals surface area contributed by atoms with Gasteiger partial charge in [-0.25, -0.2) is 9.78 Å². The van der Waals surface area contributed by atoms with Crippen molar-refractivity contribution in [1.29, 1.82) is 0 Å². The molecule has 112 valence electrons. The average molecular weight is 322 g/mol. The van der Waals surface area contributed by atoms with Crippen molar-refractivity contribution in [2.75, 3.05) is 23.4 Å². The van der Waals surface area contributed by atoms with Gasteiger partial charge in [0.15, 0.2) is 5.13 Å². The standard InChI is InChI=1S/C14H18N4OS2/c1-3-20-12-6-4-5-10(7-12)17-13(19)16-8-11-9-21-14(15-2)18-11/h4-7,9H,3,8H2,1-2H3,(H,15,18)(H2,16,17,19). The van der Waals surface area contributed by atoms with E-state index in [1.54, 1.807) is 11.8 Å². The fourth-order valence-electron chi connectivity index (χ4n) is 1.68. The van der Waals surface area contributed by atoms with Crippen molar-refractivity contribution in [2.24, 2.45) is 0 Å². The number of rotatable bonds is 6. The summed E-state index contributed by atoms with van der Waals surface area (Å²) in [6.45, 7) is 2.51. The highest BCUT2D eigenvalue weighted by Gasteiger charge is 2.05. The molecule has 0 atom stereocenters. The number of benzene rings is 1. The molecule has 0 fully saturated rings. The molecule has 0 spiro atoms. The third kappa shape index (κ3) is 4.95. The molecule has 21 heavy (non-hydrogen) atoms. The molecule has 0 aliphatic heterocycles. The van der Waals surface area contributed by atoms with Crippen LogP contribution in [-0.4, -0.2) is 23.8 Å². The maximum atomic E-state index is 11.9. The van der Waals surface area contributed by atoms with Gasteiger partial charge >= 0.3 is 6.03 Å². The van der Waals surface area contributed by atoms with Crippen molar-refractivity contribution in [3.8, 4) is 0 Å². The molecule has 1 heterocycles. The maximum Gasteiger partial charge on any atom is 0.319 e. The first-order valence-corrected chi connectivity index (χ1v) is 8.47. The first-order valence-electron chi connectivity index (χ1n) is 6.61. The lowest BCUT2D eigenvalue weighted by Crippen LogP contribution is -2.28. The molecule has 3 N–H and O–H groups in total. The Morgan fingerprint density at radius 2 is 2.29 bits per heavy atom. The zero-order valence-electron chi connectivity index (χ0n) is 12.0. The van der Waals surface area contributed by atoms with Crippen LogP contribution in [0.5, 0.6) is 0 Å². The molecule has 5 nitrogen and oxygen atoms in total. The van der Waals surface area contributed by atoms with Crippen LogP contribution < -0.4 is 16.0 Å². The molecule has 2 rings (SSSR count). The molecule has 0 bridgehead atoms. The topological polar surface area (TPSA) is 66.1 Å². The zero-order chi connectivity index (χ0) is 15.1. The van der Waals surface area contributed by atoms with Crippen LogP contribution in [0.15, 0.2) is 34.5 Å². The van der Waals surface area contributed by atoms with Crippen LogP contribution in [0.4, 0.5) is 15.6 Å². The number of nitrogens with zero attached hydrogens (tertiary/aromatic N) is 1. The van der Waals surface area contributed by atoms with Crippen LogP contribution in [0.1, 0.15) is 12.6 Å². The summed E-state index contributed by atoms with van der Waals surface area (Å²) in [5.41, 5.74) is 1.63. The molecule has 0 saturated heterocycles. The van der Waals surface area contributed by atoms with Gasteiger partial charge in [0.1, 0.15) is 0 Å². The lowest BCUT2D eigenvalue weighted by molar-refractivity contribution is 0.251. The lowest BCUT2D eigenvalue weighted by atomic mass is 10.3. The lowest BCUT2D eigenvalue weighted by Gasteiger charge is -2.07. The van der Waals surface area contributed by atoms with E-state index in [0.29, 0.717) is 6.54 Å². The molecule has 2 amide bonds. The molecule has 7 heteroatoms. The summed E-state index contributed by atoms with van der Waals surface area (Å²) < 4.78 is 0. The van der Waals surface area contributed by atoms with E-state index in [-0.39, 0.29) is 6.03 Å². The van der Waals surface area contributed by atoms with Gasteiger partial charge in [-0.2, -0.15) is 0 Å². The van der Waals surface area contributed by atoms with Gasteiger partial charge in [-0.15, -0.1) is 23.1 Å². The maximum absolute atomic E-state index is 11.9. The Bertz CT molecular complexity index is 600. The number of amides is 2. The molecule has 0 unspecified atom stereocenters. The van der Waals surface area contributed by atoms with Gasteiger partial charge in [-0.1, -0.05) is 13.0 Å². The van der Waals surface area contributed by atoms with Crippen molar-refractivity contribution in [2.45, 2.75) is 18.4 Å². The highest BCUT2D eigenvalue weighted by molar-refractivity contribution is 7.99. The largest absolute Gasteiger partial charge is 0.365 e. The number of carbonyl (C=O) groups is 1. The summed E-state index contributed by atoms with van der Waals surface area (Å²) in [6.07, 6.45) is 0. The minimum absolute atomic E-state index is 0.229. The molecule has 1 aromatic carbocycles. The number of nitrogens with one attached hydrogen (secondary N) is 3. The summed E-state index contributed by atoms with van der Waals surface area (Å²) >= 11 is 3.26. The van der Waals surface area contributed by atoms with Gasteiger partial charge in [-0.3, -0.25) is 0 Å². The number of anilines is 2.